The predicted molar refractivity (Wildman–Crippen MR) is 71.4 cm³/mol. The van der Waals surface area contributed by atoms with Crippen molar-refractivity contribution < 1.29 is 22.4 Å². The van der Waals surface area contributed by atoms with Crippen molar-refractivity contribution >= 4 is 19.0 Å². The molecule has 2 rings (SSSR count). The molecule has 0 aliphatic carbocycles. The average molecular weight is 433 g/mol. The van der Waals surface area contributed by atoms with Crippen LogP contribution in [0.5, 0.6) is 0 Å². The molecule has 2 heterocycles. The Balaban J connectivity index is 0.000000296. The molecule has 0 saturated carbocycles. The summed E-state index contributed by atoms with van der Waals surface area (Å²) in [5.74, 6) is 0. The maximum Gasteiger partial charge on any atom is 1.00 e. The quantitative estimate of drug-likeness (QED) is 0.474. The van der Waals surface area contributed by atoms with Gasteiger partial charge in [-0.25, -0.2) is 0 Å². The van der Waals surface area contributed by atoms with Crippen LogP contribution in [0.2, 0.25) is 0 Å². The third-order valence-corrected chi connectivity index (χ3v) is 5.19. The first-order chi connectivity index (χ1) is 7.41. The van der Waals surface area contributed by atoms with Crippen molar-refractivity contribution in [1.29, 1.82) is 0 Å². The van der Waals surface area contributed by atoms with Gasteiger partial charge in [0.25, 0.3) is 0 Å². The van der Waals surface area contributed by atoms with Gasteiger partial charge in [0.15, 0.2) is 0 Å². The Bertz CT molecular complexity index is 404. The molecule has 0 bridgehead atoms. The fourth-order valence-electron chi connectivity index (χ4n) is 0.739. The fraction of sp³-hybridized carbons (Fsp3) is 0.500. The Morgan fingerprint density at radius 1 is 1.24 bits per heavy atom. The molecule has 0 N–H and O–H groups in total. The molecule has 0 atom stereocenters. The molecule has 0 radical (unpaired) electrons. The van der Waals surface area contributed by atoms with Crippen molar-refractivity contribution in [3.63, 3.8) is 0 Å². The van der Waals surface area contributed by atoms with E-state index in [2.05, 4.69) is 49.3 Å². The first kappa shape index (κ1) is 16.8. The summed E-state index contributed by atoms with van der Waals surface area (Å²) in [5.41, 5.74) is 0.720. The van der Waals surface area contributed by atoms with Crippen LogP contribution in [-0.4, -0.2) is 28.6 Å². The van der Waals surface area contributed by atoms with Gasteiger partial charge in [0.1, 0.15) is 0 Å². The van der Waals surface area contributed by atoms with E-state index in [4.69, 9.17) is 0 Å². The van der Waals surface area contributed by atoms with Gasteiger partial charge in [0, 0.05) is 6.20 Å². The van der Waals surface area contributed by atoms with Crippen LogP contribution in [0.25, 0.3) is 11.0 Å². The number of hydrogen-bond acceptors (Lipinski definition) is 2. The third kappa shape index (κ3) is 5.78. The van der Waals surface area contributed by atoms with E-state index in [0.29, 0.717) is 5.16 Å². The van der Waals surface area contributed by atoms with Crippen molar-refractivity contribution in [1.82, 2.24) is 15.2 Å². The normalized spacial score (nSPS) is 10.7. The van der Waals surface area contributed by atoms with Crippen LogP contribution in [0, 0.1) is 0 Å². The van der Waals surface area contributed by atoms with Gasteiger partial charge in [-0.3, -0.25) is 5.10 Å². The predicted octanol–water partition coefficient (Wildman–Crippen LogP) is 3.11. The number of aromatic nitrogens is 3. The summed E-state index contributed by atoms with van der Waals surface area (Å²) in [5, 5.41) is 9.01. The van der Waals surface area contributed by atoms with Gasteiger partial charge in [-0.2, -0.15) is 0 Å². The Morgan fingerprint density at radius 2 is 1.82 bits per heavy atom. The van der Waals surface area contributed by atoms with E-state index in [0.717, 1.165) is 11.0 Å². The molecule has 0 unspecified atom stereocenters. The van der Waals surface area contributed by atoms with Gasteiger partial charge in [-0.05, 0) is 29.5 Å². The number of nitrogens with zero attached hydrogens (tertiary/aromatic N) is 3. The van der Waals surface area contributed by atoms with E-state index in [-0.39, 0.29) is 30.3 Å². The number of rotatable bonds is 0. The summed E-state index contributed by atoms with van der Waals surface area (Å²) in [6.45, 7) is 11.5. The van der Waals surface area contributed by atoms with Gasteiger partial charge < -0.3 is 10.1 Å². The maximum absolute atomic E-state index is 3.97. The second-order valence-corrected chi connectivity index (χ2v) is 7.96. The largest absolute Gasteiger partial charge is 1.00 e. The monoisotopic (exact) mass is 433 g/mol. The van der Waals surface area contributed by atoms with Crippen molar-refractivity contribution in [2.75, 3.05) is 13.3 Å². The van der Waals surface area contributed by atoms with Crippen LogP contribution in [-0.2, 0) is 22.4 Å². The van der Waals surface area contributed by atoms with E-state index in [1.165, 1.54) is 0 Å². The molecule has 0 aromatic carbocycles. The summed E-state index contributed by atoms with van der Waals surface area (Å²) >= 11 is 0. The molecule has 2 aromatic rings. The average Bonchev–Trinajstić information content (AvgIpc) is 2.64. The molecule has 0 saturated heterocycles. The second-order valence-electron chi connectivity index (χ2n) is 4.83. The number of pyridine rings is 1. The van der Waals surface area contributed by atoms with Crippen molar-refractivity contribution in [3.05, 3.63) is 24.5 Å². The van der Waals surface area contributed by atoms with Gasteiger partial charge in [-0.1, -0.05) is 39.1 Å². The zero-order chi connectivity index (χ0) is 12.2. The van der Waals surface area contributed by atoms with E-state index < -0.39 is 0 Å². The summed E-state index contributed by atoms with van der Waals surface area (Å²) < 4.78 is 0. The Labute approximate surface area is 120 Å². The summed E-state index contributed by atoms with van der Waals surface area (Å²) in [6.07, 6.45) is 3.40. The summed E-state index contributed by atoms with van der Waals surface area (Å²) in [6, 6.07) is 3.80. The smallest absolute Gasteiger partial charge is 0.441 e. The molecule has 17 heavy (non-hydrogen) atoms. The van der Waals surface area contributed by atoms with E-state index in [9.17, 15) is 0 Å². The number of fused-ring (bicyclic) bond motifs is 1. The molecule has 0 aliphatic rings. The minimum absolute atomic E-state index is 0. The minimum Gasteiger partial charge on any atom is -0.441 e. The van der Waals surface area contributed by atoms with E-state index in [1.807, 2.05) is 12.1 Å². The first-order valence-electron chi connectivity index (χ1n) is 5.28. The molecule has 0 aliphatic heterocycles. The van der Waals surface area contributed by atoms with Crippen molar-refractivity contribution in [3.8, 4) is 0 Å². The molecule has 98 valence electrons. The van der Waals surface area contributed by atoms with Crippen LogP contribution in [0.1, 0.15) is 20.8 Å². The molecule has 0 spiro atoms. The molecule has 3 nitrogen and oxygen atoms in total. The van der Waals surface area contributed by atoms with E-state index >= 15 is 0 Å². The standard InChI is InChI=1S/C6H4N3.C6H15P.Au/c1-2-5-4-8-9-6(5)7-3-1;1-6(2,3)7(4)5;/h1-4H;1-5H3;/q-1;;+1. The van der Waals surface area contributed by atoms with E-state index in [1.54, 1.807) is 12.4 Å². The molecular formula is C12H19AuN3P. The Kier molecular flexibility index (Phi) is 7.18. The van der Waals surface area contributed by atoms with Crippen LogP contribution in [0.4, 0.5) is 0 Å². The summed E-state index contributed by atoms with van der Waals surface area (Å²) in [7, 11) is 0.258. The first-order valence-corrected chi connectivity index (χ1v) is 7.51. The zero-order valence-corrected chi connectivity index (χ0v) is 14.0. The van der Waals surface area contributed by atoms with Crippen LogP contribution in [0.3, 0.4) is 0 Å². The fourth-order valence-corrected chi connectivity index (χ4v) is 0.739. The van der Waals surface area contributed by atoms with Gasteiger partial charge in [-0.15, -0.1) is 7.92 Å². The SMILES string of the molecule is CP(C)C(C)(C)C.[Au+].c1cnc2[n-]ncc2c1. The minimum atomic E-state index is 0. The van der Waals surface area contributed by atoms with Gasteiger partial charge in [0.05, 0.1) is 0 Å². The Hall–Kier alpha value is -0.210. The Morgan fingerprint density at radius 3 is 2.29 bits per heavy atom. The maximum atomic E-state index is 3.97. The number of hydrogen-bond donors (Lipinski definition) is 0. The molecular weight excluding hydrogens is 414 g/mol. The van der Waals surface area contributed by atoms with Crippen molar-refractivity contribution in [2.45, 2.75) is 25.9 Å². The van der Waals surface area contributed by atoms with Crippen LogP contribution >= 0.6 is 7.92 Å². The van der Waals surface area contributed by atoms with Gasteiger partial charge >= 0.3 is 22.4 Å². The molecule has 0 fully saturated rings. The van der Waals surface area contributed by atoms with Crippen LogP contribution < -0.4 is 5.10 Å². The van der Waals surface area contributed by atoms with Crippen molar-refractivity contribution in [2.24, 2.45) is 0 Å². The molecule has 2 aromatic heterocycles. The molecule has 0 amide bonds. The third-order valence-electron chi connectivity index (χ3n) is 2.51. The second kappa shape index (κ2) is 7.27. The van der Waals surface area contributed by atoms with Gasteiger partial charge in [0.2, 0.25) is 0 Å². The summed E-state index contributed by atoms with van der Waals surface area (Å²) in [4.78, 5) is 3.97. The van der Waals surface area contributed by atoms with Crippen LogP contribution in [0.15, 0.2) is 24.5 Å². The zero-order valence-electron chi connectivity index (χ0n) is 10.9. The molecule has 5 heteroatoms. The topological polar surface area (TPSA) is 39.9 Å².